The molecule has 166 valence electrons. The van der Waals surface area contributed by atoms with Crippen LogP contribution in [-0.4, -0.2) is 59.6 Å². The Balaban J connectivity index is 1.90. The van der Waals surface area contributed by atoms with Crippen LogP contribution in [0.5, 0.6) is 0 Å². The highest BCUT2D eigenvalue weighted by atomic mass is 16.6. The largest absolute Gasteiger partial charge is 0.458 e. The third-order valence-corrected chi connectivity index (χ3v) is 6.21. The van der Waals surface area contributed by atoms with Crippen molar-refractivity contribution in [1.82, 2.24) is 0 Å². The summed E-state index contributed by atoms with van der Waals surface area (Å²) in [6.45, 7) is 17.9. The molecule has 2 aliphatic carbocycles. The average molecular weight is 430 g/mol. The quantitative estimate of drug-likeness (QED) is 0.279. The van der Waals surface area contributed by atoms with Crippen molar-refractivity contribution in [2.75, 3.05) is 13.2 Å². The van der Waals surface area contributed by atoms with Crippen molar-refractivity contribution in [3.8, 4) is 0 Å². The summed E-state index contributed by atoms with van der Waals surface area (Å²) in [5.41, 5.74) is 1.27. The standard InChI is InChI=1S/C23H26O8/c1-10-6-17(30-22(27)12(3)9-25)19-14(5)23(28)31-20(19)18-13(4)16(7-15(10)18)29-21(26)11(2)8-24/h15-20,24-25H,1-9H2. The molecule has 1 heterocycles. The highest BCUT2D eigenvalue weighted by molar-refractivity contribution is 5.92. The molecule has 0 aromatic heterocycles. The zero-order valence-electron chi connectivity index (χ0n) is 17.2. The summed E-state index contributed by atoms with van der Waals surface area (Å²) in [5.74, 6) is -3.38. The Labute approximate surface area is 180 Å². The SMILES string of the molecule is C=C(CO)C(=O)OC1CC2C(=C)CC(OC(=O)C(=C)CO)C3C(=C)C(=O)OC3C2C1=C. The van der Waals surface area contributed by atoms with Crippen molar-refractivity contribution in [3.05, 3.63) is 60.8 Å². The minimum Gasteiger partial charge on any atom is -0.458 e. The van der Waals surface area contributed by atoms with Crippen LogP contribution < -0.4 is 0 Å². The van der Waals surface area contributed by atoms with Crippen molar-refractivity contribution in [2.24, 2.45) is 17.8 Å². The molecule has 0 aromatic carbocycles. The summed E-state index contributed by atoms with van der Waals surface area (Å²) in [5, 5.41) is 18.3. The molecule has 31 heavy (non-hydrogen) atoms. The number of ether oxygens (including phenoxy) is 3. The van der Waals surface area contributed by atoms with Crippen molar-refractivity contribution < 1.29 is 38.8 Å². The number of rotatable bonds is 6. The predicted octanol–water partition coefficient (Wildman–Crippen LogP) is 1.16. The van der Waals surface area contributed by atoms with E-state index in [-0.39, 0.29) is 29.1 Å². The monoisotopic (exact) mass is 430 g/mol. The molecule has 3 aliphatic rings. The second-order valence-corrected chi connectivity index (χ2v) is 8.09. The van der Waals surface area contributed by atoms with Gasteiger partial charge in [0.15, 0.2) is 0 Å². The maximum atomic E-state index is 12.3. The van der Waals surface area contributed by atoms with Gasteiger partial charge >= 0.3 is 17.9 Å². The number of esters is 3. The first kappa shape index (κ1) is 22.7. The molecule has 0 spiro atoms. The number of carbonyl (C=O) groups is 3. The fourth-order valence-corrected chi connectivity index (χ4v) is 4.54. The molecule has 6 unspecified atom stereocenters. The fraction of sp³-hybridized carbons (Fsp3) is 0.435. The highest BCUT2D eigenvalue weighted by Gasteiger charge is 2.57. The van der Waals surface area contributed by atoms with Gasteiger partial charge in [0.25, 0.3) is 0 Å². The van der Waals surface area contributed by atoms with Gasteiger partial charge in [0.05, 0.1) is 30.3 Å². The maximum Gasteiger partial charge on any atom is 0.336 e. The first-order chi connectivity index (χ1) is 14.6. The van der Waals surface area contributed by atoms with Crippen molar-refractivity contribution in [3.63, 3.8) is 0 Å². The topological polar surface area (TPSA) is 119 Å². The molecule has 3 rings (SSSR count). The van der Waals surface area contributed by atoms with Crippen LogP contribution in [0.4, 0.5) is 0 Å². The summed E-state index contributed by atoms with van der Waals surface area (Å²) >= 11 is 0. The summed E-state index contributed by atoms with van der Waals surface area (Å²) in [7, 11) is 0. The molecule has 0 aromatic rings. The molecule has 8 nitrogen and oxygen atoms in total. The Hall–Kier alpha value is -2.97. The third kappa shape index (κ3) is 4.00. The van der Waals surface area contributed by atoms with Crippen LogP contribution >= 0.6 is 0 Å². The van der Waals surface area contributed by atoms with E-state index >= 15 is 0 Å². The number of hydrogen-bond acceptors (Lipinski definition) is 8. The van der Waals surface area contributed by atoms with E-state index < -0.39 is 61.3 Å². The van der Waals surface area contributed by atoms with Crippen LogP contribution in [0.15, 0.2) is 60.8 Å². The zero-order chi connectivity index (χ0) is 23.0. The highest BCUT2D eigenvalue weighted by Crippen LogP contribution is 2.53. The van der Waals surface area contributed by atoms with Crippen LogP contribution in [0.25, 0.3) is 0 Å². The lowest BCUT2D eigenvalue weighted by molar-refractivity contribution is -0.149. The third-order valence-electron chi connectivity index (χ3n) is 6.21. The van der Waals surface area contributed by atoms with Gasteiger partial charge in [-0.3, -0.25) is 0 Å². The average Bonchev–Trinajstić information content (AvgIpc) is 3.18. The number of fused-ring (bicyclic) bond motifs is 3. The molecule has 6 atom stereocenters. The van der Waals surface area contributed by atoms with E-state index in [4.69, 9.17) is 24.4 Å². The van der Waals surface area contributed by atoms with Gasteiger partial charge in [-0.1, -0.05) is 38.5 Å². The van der Waals surface area contributed by atoms with Gasteiger partial charge < -0.3 is 24.4 Å². The number of aliphatic hydroxyl groups is 2. The lowest BCUT2D eigenvalue weighted by Gasteiger charge is -2.28. The predicted molar refractivity (Wildman–Crippen MR) is 109 cm³/mol. The summed E-state index contributed by atoms with van der Waals surface area (Å²) < 4.78 is 16.6. The Morgan fingerprint density at radius 2 is 1.58 bits per heavy atom. The van der Waals surface area contributed by atoms with E-state index in [9.17, 15) is 14.4 Å². The zero-order valence-corrected chi connectivity index (χ0v) is 17.2. The minimum absolute atomic E-state index is 0.0756. The fourth-order valence-electron chi connectivity index (χ4n) is 4.54. The normalized spacial score (nSPS) is 31.9. The van der Waals surface area contributed by atoms with E-state index in [1.165, 1.54) is 0 Å². The van der Waals surface area contributed by atoms with Crippen LogP contribution in [0, 0.1) is 17.8 Å². The van der Waals surface area contributed by atoms with Crippen LogP contribution in [0.3, 0.4) is 0 Å². The van der Waals surface area contributed by atoms with Gasteiger partial charge in [-0.25, -0.2) is 14.4 Å². The van der Waals surface area contributed by atoms with Crippen LogP contribution in [0.2, 0.25) is 0 Å². The van der Waals surface area contributed by atoms with Gasteiger partial charge in [0.2, 0.25) is 0 Å². The Morgan fingerprint density at radius 3 is 2.16 bits per heavy atom. The second-order valence-electron chi connectivity index (χ2n) is 8.09. The Bertz CT molecular complexity index is 897. The number of hydrogen-bond donors (Lipinski definition) is 2. The number of aliphatic hydroxyl groups excluding tert-OH is 2. The molecule has 1 aliphatic heterocycles. The van der Waals surface area contributed by atoms with E-state index in [0.29, 0.717) is 12.0 Å². The molecular formula is C23H26O8. The smallest absolute Gasteiger partial charge is 0.336 e. The molecule has 2 saturated carbocycles. The van der Waals surface area contributed by atoms with E-state index in [1.807, 2.05) is 0 Å². The molecule has 3 fully saturated rings. The molecule has 1 saturated heterocycles. The summed E-state index contributed by atoms with van der Waals surface area (Å²) in [4.78, 5) is 36.7. The van der Waals surface area contributed by atoms with Gasteiger partial charge in [0, 0.05) is 17.9 Å². The molecular weight excluding hydrogens is 404 g/mol. The number of carbonyl (C=O) groups excluding carboxylic acids is 3. The lowest BCUT2D eigenvalue weighted by Crippen LogP contribution is -2.36. The van der Waals surface area contributed by atoms with Gasteiger partial charge in [0.1, 0.15) is 18.3 Å². The van der Waals surface area contributed by atoms with Gasteiger partial charge in [-0.2, -0.15) is 0 Å². The first-order valence-electron chi connectivity index (χ1n) is 9.86. The first-order valence-corrected chi connectivity index (χ1v) is 9.86. The maximum absolute atomic E-state index is 12.3. The molecule has 8 heteroatoms. The second kappa shape index (κ2) is 8.64. The minimum atomic E-state index is -0.777. The van der Waals surface area contributed by atoms with Crippen LogP contribution in [-0.2, 0) is 28.6 Å². The van der Waals surface area contributed by atoms with Gasteiger partial charge in [-0.05, 0) is 17.9 Å². The van der Waals surface area contributed by atoms with Crippen molar-refractivity contribution in [2.45, 2.75) is 31.2 Å². The van der Waals surface area contributed by atoms with E-state index in [1.54, 1.807) is 0 Å². The Morgan fingerprint density at radius 1 is 1.00 bits per heavy atom. The summed E-state index contributed by atoms with van der Waals surface area (Å²) in [6, 6.07) is 0. The van der Waals surface area contributed by atoms with Crippen LogP contribution in [0.1, 0.15) is 12.8 Å². The van der Waals surface area contributed by atoms with Crippen molar-refractivity contribution >= 4 is 17.9 Å². The van der Waals surface area contributed by atoms with E-state index in [2.05, 4.69) is 32.9 Å². The van der Waals surface area contributed by atoms with Gasteiger partial charge in [-0.15, -0.1) is 0 Å². The molecule has 0 bridgehead atoms. The molecule has 0 radical (unpaired) electrons. The molecule has 0 amide bonds. The Kier molecular flexibility index (Phi) is 6.33. The summed E-state index contributed by atoms with van der Waals surface area (Å²) in [6.07, 6.45) is -1.56. The lowest BCUT2D eigenvalue weighted by atomic mass is 9.81. The van der Waals surface area contributed by atoms with E-state index in [0.717, 1.165) is 5.57 Å². The molecule has 2 N–H and O–H groups in total. The van der Waals surface area contributed by atoms with Crippen molar-refractivity contribution in [1.29, 1.82) is 0 Å².